The van der Waals surface area contributed by atoms with Gasteiger partial charge < -0.3 is 15.8 Å². The molecule has 2 aromatic carbocycles. The summed E-state index contributed by atoms with van der Waals surface area (Å²) in [5, 5.41) is 3.31. The average molecular weight is 284 g/mol. The topological polar surface area (TPSA) is 47.3 Å². The molecule has 0 unspecified atom stereocenters. The zero-order valence-corrected chi connectivity index (χ0v) is 12.4. The molecule has 0 aliphatic heterocycles. The van der Waals surface area contributed by atoms with Crippen LogP contribution in [0.25, 0.3) is 0 Å². The number of nitrogens with two attached hydrogens (primary N) is 1. The van der Waals surface area contributed by atoms with Crippen molar-refractivity contribution < 1.29 is 4.74 Å². The maximum Gasteiger partial charge on any atom is 0.119 e. The molecule has 3 N–H and O–H groups in total. The van der Waals surface area contributed by atoms with E-state index in [1.54, 1.807) is 0 Å². The van der Waals surface area contributed by atoms with E-state index < -0.39 is 0 Å². The van der Waals surface area contributed by atoms with Crippen LogP contribution in [0.3, 0.4) is 0 Å². The van der Waals surface area contributed by atoms with Gasteiger partial charge in [0, 0.05) is 13.1 Å². The summed E-state index contributed by atoms with van der Waals surface area (Å²) in [4.78, 5) is 0. The number of hydrogen-bond acceptors (Lipinski definition) is 3. The van der Waals surface area contributed by atoms with E-state index in [1.165, 1.54) is 11.1 Å². The highest BCUT2D eigenvalue weighted by Crippen LogP contribution is 2.12. The molecule has 0 heterocycles. The molecular weight excluding hydrogens is 260 g/mol. The fraction of sp³-hybridized carbons (Fsp3) is 0.333. The van der Waals surface area contributed by atoms with Crippen molar-refractivity contribution in [2.75, 3.05) is 19.6 Å². The quantitative estimate of drug-likeness (QED) is 0.696. The van der Waals surface area contributed by atoms with Crippen LogP contribution in [0.15, 0.2) is 54.6 Å². The fourth-order valence-electron chi connectivity index (χ4n) is 2.13. The van der Waals surface area contributed by atoms with Crippen LogP contribution in [0.1, 0.15) is 17.5 Å². The summed E-state index contributed by atoms with van der Waals surface area (Å²) in [5.41, 5.74) is 8.00. The molecule has 0 spiro atoms. The van der Waals surface area contributed by atoms with Crippen molar-refractivity contribution in [3.8, 4) is 5.75 Å². The van der Waals surface area contributed by atoms with Gasteiger partial charge in [0.25, 0.3) is 0 Å². The molecule has 0 saturated carbocycles. The first kappa shape index (κ1) is 15.5. The van der Waals surface area contributed by atoms with Gasteiger partial charge in [-0.15, -0.1) is 0 Å². The van der Waals surface area contributed by atoms with E-state index in [4.69, 9.17) is 10.5 Å². The zero-order chi connectivity index (χ0) is 14.8. The summed E-state index contributed by atoms with van der Waals surface area (Å²) >= 11 is 0. The van der Waals surface area contributed by atoms with Gasteiger partial charge in [-0.05, 0) is 42.6 Å². The van der Waals surface area contributed by atoms with Crippen LogP contribution in [0.4, 0.5) is 0 Å². The molecule has 0 aliphatic rings. The first-order chi connectivity index (χ1) is 10.4. The Morgan fingerprint density at radius 2 is 1.57 bits per heavy atom. The summed E-state index contributed by atoms with van der Waals surface area (Å²) in [7, 11) is 0. The lowest BCUT2D eigenvalue weighted by atomic mass is 10.1. The second-order valence-electron chi connectivity index (χ2n) is 5.06. The van der Waals surface area contributed by atoms with E-state index in [2.05, 4.69) is 29.6 Å². The average Bonchev–Trinajstić information content (AvgIpc) is 2.55. The van der Waals surface area contributed by atoms with E-state index in [9.17, 15) is 0 Å². The molecule has 112 valence electrons. The Morgan fingerprint density at radius 1 is 0.857 bits per heavy atom. The molecular formula is C18H24N2O. The number of ether oxygens (including phenoxy) is 1. The predicted octanol–water partition coefficient (Wildman–Crippen LogP) is 2.75. The smallest absolute Gasteiger partial charge is 0.119 e. The number of rotatable bonds is 9. The summed E-state index contributed by atoms with van der Waals surface area (Å²) < 4.78 is 5.74. The largest absolute Gasteiger partial charge is 0.489 e. The lowest BCUT2D eigenvalue weighted by molar-refractivity contribution is 0.306. The minimum Gasteiger partial charge on any atom is -0.489 e. The Hall–Kier alpha value is -1.84. The molecule has 0 saturated heterocycles. The second kappa shape index (κ2) is 9.16. The Bertz CT molecular complexity index is 496. The van der Waals surface area contributed by atoms with Crippen molar-refractivity contribution in [3.05, 3.63) is 65.7 Å². The summed E-state index contributed by atoms with van der Waals surface area (Å²) in [6, 6.07) is 18.6. The number of hydrogen-bond donors (Lipinski definition) is 2. The van der Waals surface area contributed by atoms with Gasteiger partial charge in [-0.25, -0.2) is 0 Å². The SMILES string of the molecule is NCCNCCCc1ccc(COc2ccccc2)cc1. The molecule has 0 atom stereocenters. The van der Waals surface area contributed by atoms with Crippen molar-refractivity contribution in [2.24, 2.45) is 5.73 Å². The Morgan fingerprint density at radius 3 is 2.29 bits per heavy atom. The van der Waals surface area contributed by atoms with E-state index in [1.807, 2.05) is 30.3 Å². The Labute approximate surface area is 127 Å². The Balaban J connectivity index is 1.71. The highest BCUT2D eigenvalue weighted by Gasteiger charge is 1.97. The molecule has 2 rings (SSSR count). The predicted molar refractivity (Wildman–Crippen MR) is 87.5 cm³/mol. The maximum atomic E-state index is 5.74. The fourth-order valence-corrected chi connectivity index (χ4v) is 2.13. The van der Waals surface area contributed by atoms with E-state index in [0.29, 0.717) is 13.2 Å². The summed E-state index contributed by atoms with van der Waals surface area (Å²) in [5.74, 6) is 0.910. The highest BCUT2D eigenvalue weighted by atomic mass is 16.5. The third kappa shape index (κ3) is 5.98. The standard InChI is InChI=1S/C18H24N2O/c19-12-14-20-13-4-5-16-8-10-17(11-9-16)15-21-18-6-2-1-3-7-18/h1-3,6-11,20H,4-5,12-15,19H2. The van der Waals surface area contributed by atoms with Gasteiger partial charge >= 0.3 is 0 Å². The van der Waals surface area contributed by atoms with Crippen molar-refractivity contribution in [3.63, 3.8) is 0 Å². The molecule has 0 aliphatic carbocycles. The number of aryl methyl sites for hydroxylation is 1. The summed E-state index contributed by atoms with van der Waals surface area (Å²) in [6.07, 6.45) is 2.23. The van der Waals surface area contributed by atoms with Gasteiger partial charge in [-0.3, -0.25) is 0 Å². The lowest BCUT2D eigenvalue weighted by Crippen LogP contribution is -2.23. The number of nitrogens with one attached hydrogen (secondary N) is 1. The minimum atomic E-state index is 0.613. The maximum absolute atomic E-state index is 5.74. The van der Waals surface area contributed by atoms with Crippen LogP contribution >= 0.6 is 0 Å². The molecule has 21 heavy (non-hydrogen) atoms. The van der Waals surface area contributed by atoms with Crippen molar-refractivity contribution in [1.82, 2.24) is 5.32 Å². The zero-order valence-electron chi connectivity index (χ0n) is 12.4. The third-order valence-electron chi connectivity index (χ3n) is 3.31. The van der Waals surface area contributed by atoms with Crippen LogP contribution < -0.4 is 15.8 Å². The first-order valence-electron chi connectivity index (χ1n) is 7.55. The Kier molecular flexibility index (Phi) is 6.78. The van der Waals surface area contributed by atoms with Gasteiger partial charge in [0.2, 0.25) is 0 Å². The number of para-hydroxylation sites is 1. The summed E-state index contributed by atoms with van der Waals surface area (Å²) in [6.45, 7) is 3.24. The highest BCUT2D eigenvalue weighted by molar-refractivity contribution is 5.24. The normalized spacial score (nSPS) is 10.5. The van der Waals surface area contributed by atoms with Crippen LogP contribution in [-0.4, -0.2) is 19.6 Å². The minimum absolute atomic E-state index is 0.613. The van der Waals surface area contributed by atoms with Gasteiger partial charge in [-0.1, -0.05) is 42.5 Å². The van der Waals surface area contributed by atoms with E-state index in [0.717, 1.165) is 31.7 Å². The van der Waals surface area contributed by atoms with Crippen LogP contribution in [-0.2, 0) is 13.0 Å². The molecule has 0 aromatic heterocycles. The van der Waals surface area contributed by atoms with Crippen molar-refractivity contribution in [2.45, 2.75) is 19.4 Å². The van der Waals surface area contributed by atoms with E-state index >= 15 is 0 Å². The molecule has 0 radical (unpaired) electrons. The molecule has 3 nitrogen and oxygen atoms in total. The monoisotopic (exact) mass is 284 g/mol. The van der Waals surface area contributed by atoms with Crippen molar-refractivity contribution >= 4 is 0 Å². The molecule has 2 aromatic rings. The molecule has 0 amide bonds. The second-order valence-corrected chi connectivity index (χ2v) is 5.06. The van der Waals surface area contributed by atoms with Crippen LogP contribution in [0, 0.1) is 0 Å². The molecule has 3 heteroatoms. The van der Waals surface area contributed by atoms with E-state index in [-0.39, 0.29) is 0 Å². The van der Waals surface area contributed by atoms with Crippen molar-refractivity contribution in [1.29, 1.82) is 0 Å². The molecule has 0 fully saturated rings. The van der Waals surface area contributed by atoms with Gasteiger partial charge in [-0.2, -0.15) is 0 Å². The number of benzene rings is 2. The van der Waals surface area contributed by atoms with Crippen LogP contribution in [0.2, 0.25) is 0 Å². The van der Waals surface area contributed by atoms with Gasteiger partial charge in [0.1, 0.15) is 12.4 Å². The van der Waals surface area contributed by atoms with Gasteiger partial charge in [0.05, 0.1) is 0 Å². The lowest BCUT2D eigenvalue weighted by Gasteiger charge is -2.07. The third-order valence-corrected chi connectivity index (χ3v) is 3.31. The molecule has 0 bridgehead atoms. The first-order valence-corrected chi connectivity index (χ1v) is 7.55. The van der Waals surface area contributed by atoms with Crippen LogP contribution in [0.5, 0.6) is 5.75 Å². The van der Waals surface area contributed by atoms with Gasteiger partial charge in [0.15, 0.2) is 0 Å².